The lowest BCUT2D eigenvalue weighted by atomic mass is 10.1. The van der Waals surface area contributed by atoms with Gasteiger partial charge in [-0.25, -0.2) is 0 Å². The first-order valence-electron chi connectivity index (χ1n) is 13.9. The van der Waals surface area contributed by atoms with Crippen LogP contribution in [0.5, 0.6) is 11.5 Å². The molecule has 4 aromatic carbocycles. The van der Waals surface area contributed by atoms with E-state index in [-0.39, 0.29) is 0 Å². The number of anilines is 2. The molecule has 6 rings (SSSR count). The molecule has 5 aromatic rings. The molecule has 0 unspecified atom stereocenters. The van der Waals surface area contributed by atoms with Crippen LogP contribution in [0.2, 0.25) is 0 Å². The molecule has 0 fully saturated rings. The van der Waals surface area contributed by atoms with Gasteiger partial charge < -0.3 is 19.1 Å². The molecule has 0 amide bonds. The van der Waals surface area contributed by atoms with Crippen LogP contribution < -0.4 is 9.64 Å². The van der Waals surface area contributed by atoms with Crippen molar-refractivity contribution in [3.05, 3.63) is 95.1 Å². The number of rotatable bonds is 2. The summed E-state index contributed by atoms with van der Waals surface area (Å²) in [5.41, 5.74) is 9.93. The summed E-state index contributed by atoms with van der Waals surface area (Å²) < 4.78 is 8.24. The van der Waals surface area contributed by atoms with Crippen LogP contribution >= 0.6 is 0 Å². The number of aryl methyl sites for hydroxylation is 5. The molecule has 0 radical (unpaired) electrons. The van der Waals surface area contributed by atoms with Crippen molar-refractivity contribution in [1.29, 1.82) is 0 Å². The summed E-state index contributed by atoms with van der Waals surface area (Å²) in [7, 11) is 6.32. The fourth-order valence-electron chi connectivity index (χ4n) is 4.88. The Hall–Kier alpha value is -3.76. The Bertz CT molecular complexity index is 1480. The molecule has 0 saturated heterocycles. The molecule has 1 aliphatic heterocycles. The van der Waals surface area contributed by atoms with Crippen molar-refractivity contribution < 1.29 is 4.74 Å². The van der Waals surface area contributed by atoms with E-state index >= 15 is 0 Å². The third kappa shape index (κ3) is 6.12. The normalized spacial score (nSPS) is 11.8. The van der Waals surface area contributed by atoms with Gasteiger partial charge in [0.2, 0.25) is 0 Å². The maximum atomic E-state index is 5.97. The molecule has 4 heteroatoms. The highest BCUT2D eigenvalue weighted by atomic mass is 16.5. The largest absolute Gasteiger partial charge is 0.453 e. The smallest absolute Gasteiger partial charge is 0.151 e. The number of nitrogens with zero attached hydrogens (tertiary/aromatic N) is 3. The Morgan fingerprint density at radius 1 is 0.590 bits per heavy atom. The van der Waals surface area contributed by atoms with Gasteiger partial charge >= 0.3 is 0 Å². The van der Waals surface area contributed by atoms with Gasteiger partial charge in [-0.2, -0.15) is 0 Å². The highest BCUT2D eigenvalue weighted by Gasteiger charge is 2.21. The number of ether oxygens (including phenoxy) is 1. The molecule has 0 spiro atoms. The minimum absolute atomic E-state index is 0.936. The lowest BCUT2D eigenvalue weighted by Gasteiger charge is -2.30. The van der Waals surface area contributed by atoms with Gasteiger partial charge in [0.05, 0.1) is 11.4 Å². The molecule has 0 atom stereocenters. The molecule has 2 heterocycles. The maximum absolute atomic E-state index is 5.97. The van der Waals surface area contributed by atoms with E-state index in [1.165, 1.54) is 44.1 Å². The van der Waals surface area contributed by atoms with Gasteiger partial charge in [-0.3, -0.25) is 0 Å². The van der Waals surface area contributed by atoms with E-state index in [9.17, 15) is 0 Å². The quantitative estimate of drug-likeness (QED) is 0.231. The highest BCUT2D eigenvalue weighted by Crippen LogP contribution is 2.46. The second-order valence-corrected chi connectivity index (χ2v) is 10.7. The number of fused-ring (bicyclic) bond motifs is 5. The van der Waals surface area contributed by atoms with E-state index in [0.717, 1.165) is 36.0 Å². The summed E-state index contributed by atoms with van der Waals surface area (Å²) in [5, 5.41) is 2.72. The zero-order valence-corrected chi connectivity index (χ0v) is 25.1. The predicted molar refractivity (Wildman–Crippen MR) is 169 cm³/mol. The minimum Gasteiger partial charge on any atom is -0.453 e. The third-order valence-electron chi connectivity index (χ3n) is 7.57. The van der Waals surface area contributed by atoms with E-state index in [1.807, 2.05) is 0 Å². The van der Waals surface area contributed by atoms with Crippen LogP contribution in [0.1, 0.15) is 36.1 Å². The Labute approximate surface area is 234 Å². The van der Waals surface area contributed by atoms with Gasteiger partial charge in [0.1, 0.15) is 0 Å². The summed E-state index contributed by atoms with van der Waals surface area (Å²) >= 11 is 0. The van der Waals surface area contributed by atoms with Gasteiger partial charge in [-0.15, -0.1) is 0 Å². The summed E-state index contributed by atoms with van der Waals surface area (Å²) in [6.07, 6.45) is 0. The van der Waals surface area contributed by atoms with Crippen molar-refractivity contribution in [3.63, 3.8) is 0 Å². The third-order valence-corrected chi connectivity index (χ3v) is 7.57. The maximum Gasteiger partial charge on any atom is 0.151 e. The molecule has 1 aliphatic rings. The van der Waals surface area contributed by atoms with Gasteiger partial charge in [0, 0.05) is 35.9 Å². The zero-order chi connectivity index (χ0) is 28.3. The van der Waals surface area contributed by atoms with Crippen molar-refractivity contribution in [2.75, 3.05) is 32.1 Å². The van der Waals surface area contributed by atoms with E-state index in [4.69, 9.17) is 4.74 Å². The SMILES string of the molecule is CCN(C)CC.Cc1ccc2c(c1)Oc1cc(C)ccc1N2C.Cc1ccc2c(c1)c1cc(C)ccc1n2C. The number of benzene rings is 4. The van der Waals surface area contributed by atoms with Gasteiger partial charge in [-0.05, 0) is 107 Å². The molecule has 0 saturated carbocycles. The number of hydrogen-bond donors (Lipinski definition) is 0. The Morgan fingerprint density at radius 3 is 1.36 bits per heavy atom. The van der Waals surface area contributed by atoms with E-state index in [0.29, 0.717) is 0 Å². The molecular weight excluding hydrogens is 478 g/mol. The zero-order valence-electron chi connectivity index (χ0n) is 25.1. The second-order valence-electron chi connectivity index (χ2n) is 10.7. The molecule has 204 valence electrons. The topological polar surface area (TPSA) is 20.6 Å². The van der Waals surface area contributed by atoms with Crippen LogP contribution in [-0.2, 0) is 7.05 Å². The fourth-order valence-corrected chi connectivity index (χ4v) is 4.88. The molecule has 0 aliphatic carbocycles. The lowest BCUT2D eigenvalue weighted by Crippen LogP contribution is -2.15. The lowest BCUT2D eigenvalue weighted by molar-refractivity contribution is 0.373. The summed E-state index contributed by atoms with van der Waals surface area (Å²) in [5.74, 6) is 1.87. The van der Waals surface area contributed by atoms with Crippen LogP contribution in [0, 0.1) is 27.7 Å². The van der Waals surface area contributed by atoms with Crippen LogP contribution in [-0.4, -0.2) is 36.7 Å². The summed E-state index contributed by atoms with van der Waals surface area (Å²) in [4.78, 5) is 4.42. The summed E-state index contributed by atoms with van der Waals surface area (Å²) in [6, 6.07) is 25.9. The highest BCUT2D eigenvalue weighted by molar-refractivity contribution is 6.08. The fraction of sp³-hybridized carbons (Fsp3) is 0.314. The van der Waals surface area contributed by atoms with Gasteiger partial charge in [0.15, 0.2) is 11.5 Å². The van der Waals surface area contributed by atoms with Crippen LogP contribution in [0.3, 0.4) is 0 Å². The first-order chi connectivity index (χ1) is 18.6. The Balaban J connectivity index is 0.000000151. The van der Waals surface area contributed by atoms with Crippen LogP contribution in [0.15, 0.2) is 72.8 Å². The standard InChI is InChI=1S/C15H15NO.C15H15N.C5H13N/c1-10-4-6-12-14(8-10)17-15-9-11(2)5-7-13(15)16(12)3;1-10-4-6-14-12(8-10)13-9-11(2)5-7-15(13)16(14)3;1-4-6(3)5-2/h4-9H,1-3H3;4-9H,1-3H3;4-5H2,1-3H3. The van der Waals surface area contributed by atoms with E-state index < -0.39 is 0 Å². The molecule has 4 nitrogen and oxygen atoms in total. The summed E-state index contributed by atoms with van der Waals surface area (Å²) in [6.45, 7) is 15.1. The van der Waals surface area contributed by atoms with Crippen LogP contribution in [0.4, 0.5) is 11.4 Å². The van der Waals surface area contributed by atoms with Crippen molar-refractivity contribution >= 4 is 33.2 Å². The van der Waals surface area contributed by atoms with E-state index in [2.05, 4.69) is 150 Å². The second kappa shape index (κ2) is 12.0. The number of aromatic nitrogens is 1. The van der Waals surface area contributed by atoms with Crippen LogP contribution in [0.25, 0.3) is 21.8 Å². The molecule has 1 aromatic heterocycles. The minimum atomic E-state index is 0.936. The Kier molecular flexibility index (Phi) is 8.66. The Morgan fingerprint density at radius 2 is 0.974 bits per heavy atom. The average molecular weight is 522 g/mol. The molecule has 0 bridgehead atoms. The first-order valence-corrected chi connectivity index (χ1v) is 13.9. The van der Waals surface area contributed by atoms with Crippen molar-refractivity contribution in [1.82, 2.24) is 9.47 Å². The average Bonchev–Trinajstić information content (AvgIpc) is 3.18. The molecule has 0 N–H and O–H groups in total. The molecule has 39 heavy (non-hydrogen) atoms. The van der Waals surface area contributed by atoms with Crippen molar-refractivity contribution in [2.45, 2.75) is 41.5 Å². The van der Waals surface area contributed by atoms with E-state index in [1.54, 1.807) is 0 Å². The number of hydrogen-bond acceptors (Lipinski definition) is 3. The molecular formula is C35H43N3O. The van der Waals surface area contributed by atoms with Crippen molar-refractivity contribution in [2.24, 2.45) is 7.05 Å². The van der Waals surface area contributed by atoms with Gasteiger partial charge in [0.25, 0.3) is 0 Å². The van der Waals surface area contributed by atoms with Gasteiger partial charge in [-0.1, -0.05) is 49.2 Å². The first kappa shape index (κ1) is 28.3. The van der Waals surface area contributed by atoms with Crippen molar-refractivity contribution in [3.8, 4) is 11.5 Å². The monoisotopic (exact) mass is 521 g/mol. The predicted octanol–water partition coefficient (Wildman–Crippen LogP) is 9.08.